The van der Waals surface area contributed by atoms with Crippen molar-refractivity contribution in [1.29, 1.82) is 5.26 Å². The minimum atomic E-state index is -1.02. The lowest BCUT2D eigenvalue weighted by molar-refractivity contribution is -0.143. The molecule has 1 atom stereocenters. The SMILES string of the molecule is Cc1csc(C(C#N)C(=O)COC(=O)/C=C/c2ccc(Cl)cc2)n1. The van der Waals surface area contributed by atoms with Gasteiger partial charge in [-0.1, -0.05) is 23.7 Å². The van der Waals surface area contributed by atoms with Crippen molar-refractivity contribution in [3.05, 3.63) is 57.0 Å². The number of nitrogens with zero attached hydrogens (tertiary/aromatic N) is 2. The third-order valence-corrected chi connectivity index (χ3v) is 4.25. The molecule has 1 aromatic carbocycles. The molecule has 0 aliphatic carbocycles. The van der Waals surface area contributed by atoms with Crippen molar-refractivity contribution in [3.8, 4) is 6.07 Å². The van der Waals surface area contributed by atoms with E-state index < -0.39 is 24.3 Å². The molecule has 24 heavy (non-hydrogen) atoms. The predicted octanol–water partition coefficient (Wildman–Crippen LogP) is 3.54. The Labute approximate surface area is 148 Å². The van der Waals surface area contributed by atoms with Gasteiger partial charge >= 0.3 is 5.97 Å². The van der Waals surface area contributed by atoms with Gasteiger partial charge in [-0.3, -0.25) is 4.79 Å². The highest BCUT2D eigenvalue weighted by molar-refractivity contribution is 7.09. The summed E-state index contributed by atoms with van der Waals surface area (Å²) in [6.45, 7) is 1.31. The largest absolute Gasteiger partial charge is 0.454 e. The molecule has 0 spiro atoms. The molecule has 0 fully saturated rings. The average Bonchev–Trinajstić information content (AvgIpc) is 2.99. The van der Waals surface area contributed by atoms with E-state index in [4.69, 9.17) is 21.6 Å². The summed E-state index contributed by atoms with van der Waals surface area (Å²) < 4.78 is 4.88. The zero-order valence-electron chi connectivity index (χ0n) is 12.7. The van der Waals surface area contributed by atoms with Crippen LogP contribution < -0.4 is 0 Å². The Balaban J connectivity index is 1.89. The van der Waals surface area contributed by atoms with E-state index in [2.05, 4.69) is 4.98 Å². The number of hydrogen-bond donors (Lipinski definition) is 0. The number of carbonyl (C=O) groups is 2. The lowest BCUT2D eigenvalue weighted by Gasteiger charge is -2.05. The molecule has 0 aliphatic heterocycles. The summed E-state index contributed by atoms with van der Waals surface area (Å²) in [6.07, 6.45) is 2.76. The van der Waals surface area contributed by atoms with E-state index in [1.54, 1.807) is 42.6 Å². The van der Waals surface area contributed by atoms with Crippen LogP contribution in [-0.4, -0.2) is 23.3 Å². The molecule has 5 nitrogen and oxygen atoms in total. The number of nitriles is 1. The fraction of sp³-hybridized carbons (Fsp3) is 0.176. The highest BCUT2D eigenvalue weighted by atomic mass is 35.5. The molecular formula is C17H13ClN2O3S. The van der Waals surface area contributed by atoms with Crippen molar-refractivity contribution in [2.24, 2.45) is 0 Å². The van der Waals surface area contributed by atoms with E-state index >= 15 is 0 Å². The monoisotopic (exact) mass is 360 g/mol. The highest BCUT2D eigenvalue weighted by Gasteiger charge is 2.24. The van der Waals surface area contributed by atoms with Gasteiger partial charge in [-0.05, 0) is 30.7 Å². The van der Waals surface area contributed by atoms with Crippen molar-refractivity contribution in [3.63, 3.8) is 0 Å². The standard InChI is InChI=1S/C17H13ClN2O3S/c1-11-10-24-17(20-11)14(8-19)15(21)9-23-16(22)7-4-12-2-5-13(18)6-3-12/h2-7,10,14H,9H2,1H3/b7-4+. The van der Waals surface area contributed by atoms with Gasteiger partial charge in [-0.2, -0.15) is 5.26 Å². The first-order valence-electron chi connectivity index (χ1n) is 6.94. The second-order valence-electron chi connectivity index (χ2n) is 4.85. The third kappa shape index (κ3) is 5.01. The molecule has 7 heteroatoms. The van der Waals surface area contributed by atoms with Gasteiger partial charge in [0.15, 0.2) is 18.3 Å². The number of aromatic nitrogens is 1. The van der Waals surface area contributed by atoms with Crippen molar-refractivity contribution in [1.82, 2.24) is 4.98 Å². The molecule has 1 heterocycles. The maximum atomic E-state index is 12.0. The lowest BCUT2D eigenvalue weighted by Crippen LogP contribution is -2.19. The van der Waals surface area contributed by atoms with E-state index in [9.17, 15) is 9.59 Å². The Bertz CT molecular complexity index is 806. The molecule has 0 radical (unpaired) electrons. The van der Waals surface area contributed by atoms with Crippen LogP contribution in [0.2, 0.25) is 5.02 Å². The van der Waals surface area contributed by atoms with Gasteiger partial charge in [0.05, 0.1) is 6.07 Å². The Kier molecular flexibility index (Phi) is 6.24. The summed E-state index contributed by atoms with van der Waals surface area (Å²) in [5.41, 5.74) is 1.52. The van der Waals surface area contributed by atoms with E-state index in [1.807, 2.05) is 6.07 Å². The molecule has 0 saturated heterocycles. The van der Waals surface area contributed by atoms with Crippen LogP contribution in [0, 0.1) is 18.3 Å². The number of carbonyl (C=O) groups excluding carboxylic acids is 2. The van der Waals surface area contributed by atoms with Crippen LogP contribution >= 0.6 is 22.9 Å². The maximum Gasteiger partial charge on any atom is 0.331 e. The molecular weight excluding hydrogens is 348 g/mol. The number of thiazole rings is 1. The minimum absolute atomic E-state index is 0.410. The van der Waals surface area contributed by atoms with Crippen LogP contribution in [0.3, 0.4) is 0 Å². The van der Waals surface area contributed by atoms with Crippen molar-refractivity contribution in [2.75, 3.05) is 6.61 Å². The number of hydrogen-bond acceptors (Lipinski definition) is 6. The molecule has 0 aliphatic rings. The maximum absolute atomic E-state index is 12.0. The Morgan fingerprint density at radius 3 is 2.71 bits per heavy atom. The van der Waals surface area contributed by atoms with E-state index in [1.165, 1.54) is 17.4 Å². The Hall–Kier alpha value is -2.49. The summed E-state index contributed by atoms with van der Waals surface area (Å²) in [6, 6.07) is 8.78. The second kappa shape index (κ2) is 8.39. The van der Waals surface area contributed by atoms with Crippen LogP contribution in [-0.2, 0) is 14.3 Å². The first-order chi connectivity index (χ1) is 11.5. The van der Waals surface area contributed by atoms with Crippen LogP contribution in [0.1, 0.15) is 22.2 Å². The summed E-state index contributed by atoms with van der Waals surface area (Å²) in [5.74, 6) is -2.18. The fourth-order valence-corrected chi connectivity index (χ4v) is 2.77. The van der Waals surface area contributed by atoms with Crippen LogP contribution in [0.5, 0.6) is 0 Å². The fourth-order valence-electron chi connectivity index (χ4n) is 1.78. The first kappa shape index (κ1) is 17.9. The van der Waals surface area contributed by atoms with Crippen molar-refractivity contribution in [2.45, 2.75) is 12.8 Å². The summed E-state index contributed by atoms with van der Waals surface area (Å²) in [5, 5.41) is 11.9. The van der Waals surface area contributed by atoms with Gasteiger partial charge in [-0.25, -0.2) is 9.78 Å². The molecule has 2 aromatic rings. The van der Waals surface area contributed by atoms with Crippen LogP contribution in [0.25, 0.3) is 6.08 Å². The van der Waals surface area contributed by atoms with E-state index in [0.717, 1.165) is 11.3 Å². The number of aryl methyl sites for hydroxylation is 1. The van der Waals surface area contributed by atoms with E-state index in [0.29, 0.717) is 10.0 Å². The zero-order chi connectivity index (χ0) is 17.5. The third-order valence-electron chi connectivity index (χ3n) is 2.97. The van der Waals surface area contributed by atoms with Gasteiger partial charge in [0.1, 0.15) is 5.01 Å². The smallest absolute Gasteiger partial charge is 0.331 e. The van der Waals surface area contributed by atoms with Gasteiger partial charge in [0.2, 0.25) is 0 Å². The van der Waals surface area contributed by atoms with Crippen molar-refractivity contribution < 1.29 is 14.3 Å². The molecule has 0 N–H and O–H groups in total. The number of esters is 1. The summed E-state index contributed by atoms with van der Waals surface area (Å²) in [7, 11) is 0. The van der Waals surface area contributed by atoms with Gasteiger partial charge in [-0.15, -0.1) is 11.3 Å². The van der Waals surface area contributed by atoms with Gasteiger partial charge in [0.25, 0.3) is 0 Å². The molecule has 1 unspecified atom stereocenters. The van der Waals surface area contributed by atoms with Crippen LogP contribution in [0.15, 0.2) is 35.7 Å². The molecule has 0 amide bonds. The molecule has 1 aromatic heterocycles. The number of benzene rings is 1. The minimum Gasteiger partial charge on any atom is -0.454 e. The number of rotatable bonds is 6. The summed E-state index contributed by atoms with van der Waals surface area (Å²) in [4.78, 5) is 27.8. The normalized spacial score (nSPS) is 11.9. The predicted molar refractivity (Wildman–Crippen MR) is 91.7 cm³/mol. The molecule has 122 valence electrons. The van der Waals surface area contributed by atoms with Crippen molar-refractivity contribution >= 4 is 40.8 Å². The Morgan fingerprint density at radius 1 is 1.42 bits per heavy atom. The first-order valence-corrected chi connectivity index (χ1v) is 8.20. The molecule has 2 rings (SSSR count). The van der Waals surface area contributed by atoms with Gasteiger partial charge < -0.3 is 4.74 Å². The van der Waals surface area contributed by atoms with E-state index in [-0.39, 0.29) is 0 Å². The lowest BCUT2D eigenvalue weighted by atomic mass is 10.1. The topological polar surface area (TPSA) is 80.0 Å². The number of ether oxygens (including phenoxy) is 1. The average molecular weight is 361 g/mol. The summed E-state index contributed by atoms with van der Waals surface area (Å²) >= 11 is 7.00. The molecule has 0 saturated carbocycles. The number of halogens is 1. The quantitative estimate of drug-likeness (QED) is 0.581. The second-order valence-corrected chi connectivity index (χ2v) is 6.17. The number of ketones is 1. The van der Waals surface area contributed by atoms with Gasteiger partial charge in [0, 0.05) is 22.2 Å². The zero-order valence-corrected chi connectivity index (χ0v) is 14.3. The molecule has 0 bridgehead atoms. The van der Waals surface area contributed by atoms with Crippen LogP contribution in [0.4, 0.5) is 0 Å². The Morgan fingerprint density at radius 2 is 2.12 bits per heavy atom. The highest BCUT2D eigenvalue weighted by Crippen LogP contribution is 2.20. The number of Topliss-reactive ketones (excluding diaryl/α,β-unsaturated/α-hetero) is 1.